The van der Waals surface area contributed by atoms with Crippen molar-refractivity contribution in [1.29, 1.82) is 0 Å². The van der Waals surface area contributed by atoms with Gasteiger partial charge in [-0.15, -0.1) is 0 Å². The Kier molecular flexibility index (Phi) is 6.08. The number of nitrogens with zero attached hydrogens (tertiary/aromatic N) is 1. The van der Waals surface area contributed by atoms with E-state index in [0.717, 1.165) is 0 Å². The number of aliphatic hydroxyl groups is 1. The third-order valence-corrected chi connectivity index (χ3v) is 4.43. The second-order valence-corrected chi connectivity index (χ2v) is 6.65. The van der Waals surface area contributed by atoms with E-state index in [2.05, 4.69) is 0 Å². The summed E-state index contributed by atoms with van der Waals surface area (Å²) < 4.78 is 5.02. The number of aromatic hydroxyl groups is 1. The van der Waals surface area contributed by atoms with Crippen LogP contribution in [0, 0.1) is 5.92 Å². The number of carbonyl (C=O) groups excluding carboxylic acids is 2. The van der Waals surface area contributed by atoms with E-state index >= 15 is 0 Å². The summed E-state index contributed by atoms with van der Waals surface area (Å²) in [7, 11) is 1.56. The van der Waals surface area contributed by atoms with E-state index in [1.165, 1.54) is 17.0 Å². The van der Waals surface area contributed by atoms with Crippen LogP contribution in [-0.4, -0.2) is 47.1 Å². The van der Waals surface area contributed by atoms with Gasteiger partial charge < -0.3 is 19.8 Å². The van der Waals surface area contributed by atoms with Gasteiger partial charge in [0.15, 0.2) is 11.5 Å². The molecule has 0 aliphatic carbocycles. The molecule has 1 unspecified atom stereocenters. The van der Waals surface area contributed by atoms with E-state index in [0.29, 0.717) is 25.1 Å². The lowest BCUT2D eigenvalue weighted by atomic mass is 9.91. The molecule has 0 spiro atoms. The normalized spacial score (nSPS) is 17.7. The number of halogens is 1. The maximum Gasteiger partial charge on any atom is 0.290 e. The summed E-state index contributed by atoms with van der Waals surface area (Å²) in [5, 5.41) is 20.1. The van der Waals surface area contributed by atoms with E-state index < -0.39 is 17.7 Å². The second kappa shape index (κ2) is 7.89. The van der Waals surface area contributed by atoms with E-state index in [4.69, 9.17) is 16.3 Å². The van der Waals surface area contributed by atoms with Gasteiger partial charge in [0.1, 0.15) is 5.75 Å². The van der Waals surface area contributed by atoms with Gasteiger partial charge in [0.25, 0.3) is 5.91 Å². The highest BCUT2D eigenvalue weighted by Gasteiger charge is 2.43. The Morgan fingerprint density at radius 3 is 2.60 bits per heavy atom. The Bertz CT molecular complexity index is 713. The molecule has 1 heterocycles. The molecule has 1 aliphatic rings. The Morgan fingerprint density at radius 1 is 1.36 bits per heavy atom. The van der Waals surface area contributed by atoms with E-state index in [1.54, 1.807) is 27.0 Å². The minimum atomic E-state index is -0.739. The first-order valence-corrected chi connectivity index (χ1v) is 8.43. The Hall–Kier alpha value is -2.05. The van der Waals surface area contributed by atoms with Crippen molar-refractivity contribution in [3.8, 4) is 5.75 Å². The molecule has 6 nitrogen and oxygen atoms in total. The van der Waals surface area contributed by atoms with Gasteiger partial charge in [-0.2, -0.15) is 0 Å². The first-order valence-electron chi connectivity index (χ1n) is 8.05. The number of ether oxygens (including phenoxy) is 1. The minimum Gasteiger partial charge on any atom is -0.506 e. The lowest BCUT2D eigenvalue weighted by Crippen LogP contribution is -2.33. The molecule has 2 rings (SSSR count). The van der Waals surface area contributed by atoms with Gasteiger partial charge in [-0.1, -0.05) is 31.5 Å². The Labute approximate surface area is 151 Å². The van der Waals surface area contributed by atoms with Crippen molar-refractivity contribution < 1.29 is 24.5 Å². The number of rotatable bonds is 7. The van der Waals surface area contributed by atoms with Gasteiger partial charge in [-0.25, -0.2) is 0 Å². The van der Waals surface area contributed by atoms with Crippen molar-refractivity contribution in [3.05, 3.63) is 40.1 Å². The van der Waals surface area contributed by atoms with Crippen molar-refractivity contribution in [3.63, 3.8) is 0 Å². The minimum absolute atomic E-state index is 0.0687. The van der Waals surface area contributed by atoms with Crippen molar-refractivity contribution in [2.75, 3.05) is 20.3 Å². The molecule has 1 aromatic carbocycles. The van der Waals surface area contributed by atoms with Crippen LogP contribution in [0.25, 0.3) is 0 Å². The number of methoxy groups -OCH3 is 1. The van der Waals surface area contributed by atoms with Gasteiger partial charge >= 0.3 is 0 Å². The van der Waals surface area contributed by atoms with Gasteiger partial charge in [0, 0.05) is 26.2 Å². The molecule has 0 radical (unpaired) electrons. The van der Waals surface area contributed by atoms with Crippen molar-refractivity contribution >= 4 is 23.3 Å². The zero-order valence-corrected chi connectivity index (χ0v) is 15.2. The maximum atomic E-state index is 12.6. The average Bonchev–Trinajstić information content (AvgIpc) is 2.81. The smallest absolute Gasteiger partial charge is 0.290 e. The standard InChI is InChI=1S/C18H22ClNO5/c1-10(2)16(22)14-15(11-5-6-13(21)12(19)9-11)20(7-4-8-25-3)18(24)17(14)23/h5-6,9-10,15,21,23H,4,7-8H2,1-3H3. The molecular formula is C18H22ClNO5. The monoisotopic (exact) mass is 367 g/mol. The van der Waals surface area contributed by atoms with E-state index in [-0.39, 0.29) is 28.0 Å². The van der Waals surface area contributed by atoms with Crippen molar-refractivity contribution in [2.24, 2.45) is 5.92 Å². The lowest BCUT2D eigenvalue weighted by molar-refractivity contribution is -0.129. The summed E-state index contributed by atoms with van der Waals surface area (Å²) in [6.45, 7) is 4.18. The topological polar surface area (TPSA) is 87.1 Å². The van der Waals surface area contributed by atoms with Crippen LogP contribution in [-0.2, 0) is 14.3 Å². The van der Waals surface area contributed by atoms with Crippen molar-refractivity contribution in [1.82, 2.24) is 4.90 Å². The molecule has 1 aliphatic heterocycles. The number of hydrogen-bond donors (Lipinski definition) is 2. The summed E-state index contributed by atoms with van der Waals surface area (Å²) >= 11 is 5.99. The van der Waals surface area contributed by atoms with Crippen LogP contribution in [0.1, 0.15) is 31.9 Å². The number of Topliss-reactive ketones (excluding diaryl/α,β-unsaturated/α-hetero) is 1. The molecule has 2 N–H and O–H groups in total. The van der Waals surface area contributed by atoms with E-state index in [1.807, 2.05) is 0 Å². The van der Waals surface area contributed by atoms with Gasteiger partial charge in [-0.3, -0.25) is 9.59 Å². The molecule has 136 valence electrons. The number of benzene rings is 1. The van der Waals surface area contributed by atoms with Gasteiger partial charge in [-0.05, 0) is 24.1 Å². The summed E-state index contributed by atoms with van der Waals surface area (Å²) in [6.07, 6.45) is 0.557. The number of phenolic OH excluding ortho intramolecular Hbond substituents is 1. The molecule has 0 bridgehead atoms. The van der Waals surface area contributed by atoms with Crippen LogP contribution < -0.4 is 0 Å². The van der Waals surface area contributed by atoms with Crippen LogP contribution in [0.5, 0.6) is 5.75 Å². The summed E-state index contributed by atoms with van der Waals surface area (Å²) in [5.41, 5.74) is 0.626. The molecule has 1 atom stereocenters. The second-order valence-electron chi connectivity index (χ2n) is 6.24. The Balaban J connectivity index is 2.49. The number of carbonyl (C=O) groups is 2. The molecule has 0 fully saturated rings. The summed E-state index contributed by atoms with van der Waals surface area (Å²) in [6, 6.07) is 3.76. The highest BCUT2D eigenvalue weighted by Crippen LogP contribution is 2.40. The average molecular weight is 368 g/mol. The van der Waals surface area contributed by atoms with Gasteiger partial charge in [0.05, 0.1) is 16.6 Å². The fourth-order valence-electron chi connectivity index (χ4n) is 2.87. The number of phenols is 1. The molecule has 7 heteroatoms. The SMILES string of the molecule is COCCCN1C(=O)C(O)=C(C(=O)C(C)C)C1c1ccc(O)c(Cl)c1. The van der Waals surface area contributed by atoms with Crippen molar-refractivity contribution in [2.45, 2.75) is 26.3 Å². The van der Waals surface area contributed by atoms with Crippen LogP contribution in [0.15, 0.2) is 29.5 Å². The predicted octanol–water partition coefficient (Wildman–Crippen LogP) is 3.00. The maximum absolute atomic E-state index is 12.6. The quantitative estimate of drug-likeness (QED) is 0.723. The molecule has 1 aromatic rings. The highest BCUT2D eigenvalue weighted by molar-refractivity contribution is 6.32. The Morgan fingerprint density at radius 2 is 2.04 bits per heavy atom. The lowest BCUT2D eigenvalue weighted by Gasteiger charge is -2.27. The number of hydrogen-bond acceptors (Lipinski definition) is 5. The molecular weight excluding hydrogens is 346 g/mol. The summed E-state index contributed by atoms with van der Waals surface area (Å²) in [4.78, 5) is 26.6. The van der Waals surface area contributed by atoms with E-state index in [9.17, 15) is 19.8 Å². The first-order chi connectivity index (χ1) is 11.8. The third-order valence-electron chi connectivity index (χ3n) is 4.13. The zero-order valence-electron chi connectivity index (χ0n) is 14.5. The fraction of sp³-hybridized carbons (Fsp3) is 0.444. The van der Waals surface area contributed by atoms with Crippen LogP contribution in [0.4, 0.5) is 0 Å². The largest absolute Gasteiger partial charge is 0.506 e. The van der Waals surface area contributed by atoms with Crippen LogP contribution in [0.2, 0.25) is 5.02 Å². The molecule has 0 aromatic heterocycles. The van der Waals surface area contributed by atoms with Gasteiger partial charge in [0.2, 0.25) is 0 Å². The fourth-order valence-corrected chi connectivity index (χ4v) is 3.05. The number of amides is 1. The molecule has 0 saturated heterocycles. The summed E-state index contributed by atoms with van der Waals surface area (Å²) in [5.74, 6) is -1.88. The third kappa shape index (κ3) is 3.80. The highest BCUT2D eigenvalue weighted by atomic mass is 35.5. The zero-order chi connectivity index (χ0) is 18.7. The molecule has 1 amide bonds. The first kappa shape index (κ1) is 19.3. The molecule has 25 heavy (non-hydrogen) atoms. The molecule has 0 saturated carbocycles. The van der Waals surface area contributed by atoms with Crippen LogP contribution >= 0.6 is 11.6 Å². The number of aliphatic hydroxyl groups excluding tert-OH is 1. The number of ketones is 1. The van der Waals surface area contributed by atoms with Crippen LogP contribution in [0.3, 0.4) is 0 Å². The predicted molar refractivity (Wildman–Crippen MR) is 93.6 cm³/mol.